The van der Waals surface area contributed by atoms with Gasteiger partial charge >= 0.3 is 12.1 Å². The molecule has 6 heteroatoms. The van der Waals surface area contributed by atoms with Crippen molar-refractivity contribution < 1.29 is 9.59 Å². The molecular weight excluding hydrogens is 304 g/mol. The summed E-state index contributed by atoms with van der Waals surface area (Å²) in [6.45, 7) is 2.40. The van der Waals surface area contributed by atoms with Gasteiger partial charge in [0, 0.05) is 12.2 Å². The summed E-state index contributed by atoms with van der Waals surface area (Å²) in [6.07, 6.45) is 1.67. The maximum atomic E-state index is 12.6. The van der Waals surface area contributed by atoms with Gasteiger partial charge in [0.25, 0.3) is 0 Å². The van der Waals surface area contributed by atoms with Gasteiger partial charge in [0.05, 0.1) is 5.69 Å². The van der Waals surface area contributed by atoms with Gasteiger partial charge in [-0.15, -0.1) is 0 Å². The van der Waals surface area contributed by atoms with Gasteiger partial charge < -0.3 is 5.32 Å². The molecule has 6 nitrogen and oxygen atoms in total. The number of urea groups is 2. The Morgan fingerprint density at radius 1 is 1.00 bits per heavy atom. The number of nitrogens with two attached hydrogens (primary N) is 1. The molecule has 0 aliphatic heterocycles. The number of nitrogens with one attached hydrogen (secondary N) is 1. The number of hydrazine groups is 1. The minimum Gasteiger partial charge on any atom is -0.307 e. The fourth-order valence-corrected chi connectivity index (χ4v) is 2.15. The van der Waals surface area contributed by atoms with Gasteiger partial charge in [-0.2, -0.15) is 0 Å². The highest BCUT2D eigenvalue weighted by molar-refractivity contribution is 6.17. The summed E-state index contributed by atoms with van der Waals surface area (Å²) in [5.74, 6) is 5.83. The van der Waals surface area contributed by atoms with E-state index in [1.807, 2.05) is 19.1 Å². The molecule has 0 aromatic heterocycles. The smallest absolute Gasteiger partial charge is 0.307 e. The number of unbranched alkanes of at least 4 members (excludes halogenated alkanes) is 1. The van der Waals surface area contributed by atoms with Crippen LogP contribution in [0.15, 0.2) is 60.7 Å². The lowest BCUT2D eigenvalue weighted by atomic mass is 10.3. The second-order valence-electron chi connectivity index (χ2n) is 5.30. The fraction of sp³-hybridized carbons (Fsp3) is 0.222. The average Bonchev–Trinajstić information content (AvgIpc) is 2.61. The number of hydrogen-bond donors (Lipinski definition) is 2. The minimum atomic E-state index is -0.567. The van der Waals surface area contributed by atoms with E-state index in [-0.39, 0.29) is 0 Å². The van der Waals surface area contributed by atoms with Crippen LogP contribution < -0.4 is 16.1 Å². The molecule has 3 N–H and O–H groups in total. The topological polar surface area (TPSA) is 78.7 Å². The molecule has 24 heavy (non-hydrogen) atoms. The molecule has 2 aromatic rings. The second kappa shape index (κ2) is 8.69. The van der Waals surface area contributed by atoms with E-state index in [9.17, 15) is 9.59 Å². The lowest BCUT2D eigenvalue weighted by Gasteiger charge is -2.26. The van der Waals surface area contributed by atoms with Crippen LogP contribution in [0.5, 0.6) is 0 Å². The van der Waals surface area contributed by atoms with E-state index < -0.39 is 12.1 Å². The molecule has 0 aliphatic carbocycles. The summed E-state index contributed by atoms with van der Waals surface area (Å²) < 4.78 is 0. The fourth-order valence-electron chi connectivity index (χ4n) is 2.15. The van der Waals surface area contributed by atoms with Crippen molar-refractivity contribution in [2.45, 2.75) is 19.8 Å². The Morgan fingerprint density at radius 2 is 1.58 bits per heavy atom. The molecular formula is C18H22N4O2. The Kier molecular flexibility index (Phi) is 6.33. The zero-order chi connectivity index (χ0) is 17.4. The predicted octanol–water partition coefficient (Wildman–Crippen LogP) is 3.82. The maximum absolute atomic E-state index is 12.6. The maximum Gasteiger partial charge on any atom is 0.346 e. The molecule has 2 aromatic carbocycles. The molecule has 0 bridgehead atoms. The van der Waals surface area contributed by atoms with Crippen molar-refractivity contribution >= 4 is 23.4 Å². The van der Waals surface area contributed by atoms with Crippen molar-refractivity contribution in [2.75, 3.05) is 16.8 Å². The number of imide groups is 1. The van der Waals surface area contributed by atoms with Crippen molar-refractivity contribution in [1.82, 2.24) is 5.01 Å². The lowest BCUT2D eigenvalue weighted by molar-refractivity contribution is 0.204. The van der Waals surface area contributed by atoms with Gasteiger partial charge in [-0.05, 0) is 30.7 Å². The summed E-state index contributed by atoms with van der Waals surface area (Å²) in [5, 5.41) is 3.79. The van der Waals surface area contributed by atoms with Crippen LogP contribution in [0.4, 0.5) is 21.0 Å². The van der Waals surface area contributed by atoms with Gasteiger partial charge in [-0.1, -0.05) is 49.7 Å². The highest BCUT2D eigenvalue weighted by Crippen LogP contribution is 2.17. The molecule has 0 atom stereocenters. The monoisotopic (exact) mass is 326 g/mol. The largest absolute Gasteiger partial charge is 0.346 e. The van der Waals surface area contributed by atoms with Gasteiger partial charge in [0.15, 0.2) is 0 Å². The Balaban J connectivity index is 2.23. The second-order valence-corrected chi connectivity index (χ2v) is 5.30. The number of nitrogens with zero attached hydrogens (tertiary/aromatic N) is 2. The van der Waals surface area contributed by atoms with E-state index in [1.165, 1.54) is 0 Å². The average molecular weight is 326 g/mol. The standard InChI is InChI=1S/C18H22N4O2/c1-2-3-14-21(19)18(24)22(16-12-8-5-9-13-16)17(23)20-15-10-6-4-7-11-15/h4-13H,2-3,14,19H2,1H3,(H,20,23). The third-order valence-corrected chi connectivity index (χ3v) is 3.43. The van der Waals surface area contributed by atoms with E-state index in [0.29, 0.717) is 17.9 Å². The Morgan fingerprint density at radius 3 is 2.17 bits per heavy atom. The highest BCUT2D eigenvalue weighted by atomic mass is 16.2. The normalized spacial score (nSPS) is 10.1. The lowest BCUT2D eigenvalue weighted by Crippen LogP contribution is -2.51. The zero-order valence-corrected chi connectivity index (χ0v) is 13.7. The molecule has 0 radical (unpaired) electrons. The summed E-state index contributed by atoms with van der Waals surface area (Å²) in [7, 11) is 0. The molecule has 0 saturated heterocycles. The van der Waals surface area contributed by atoms with Crippen LogP contribution in [0.1, 0.15) is 19.8 Å². The minimum absolute atomic E-state index is 0.386. The van der Waals surface area contributed by atoms with Crippen molar-refractivity contribution in [3.8, 4) is 0 Å². The summed E-state index contributed by atoms with van der Waals surface area (Å²) >= 11 is 0. The molecule has 126 valence electrons. The predicted molar refractivity (Wildman–Crippen MR) is 95.6 cm³/mol. The molecule has 0 saturated carbocycles. The molecule has 4 amide bonds. The summed E-state index contributed by atoms with van der Waals surface area (Å²) in [5.41, 5.74) is 1.07. The SMILES string of the molecule is CCCCN(N)C(=O)N(C(=O)Nc1ccccc1)c1ccccc1. The van der Waals surface area contributed by atoms with Crippen LogP contribution in [-0.2, 0) is 0 Å². The van der Waals surface area contributed by atoms with Gasteiger partial charge in [0.1, 0.15) is 0 Å². The first kappa shape index (κ1) is 17.5. The number of carbonyl (C=O) groups is 2. The molecule has 0 spiro atoms. The Hall–Kier alpha value is -2.86. The van der Waals surface area contributed by atoms with Gasteiger partial charge in [-0.25, -0.2) is 20.3 Å². The van der Waals surface area contributed by atoms with E-state index in [4.69, 9.17) is 5.84 Å². The number of rotatable bonds is 5. The highest BCUT2D eigenvalue weighted by Gasteiger charge is 2.26. The van der Waals surface area contributed by atoms with Crippen molar-refractivity contribution in [3.05, 3.63) is 60.7 Å². The van der Waals surface area contributed by atoms with Gasteiger partial charge in [-0.3, -0.25) is 5.01 Å². The number of carbonyl (C=O) groups excluding carboxylic acids is 2. The van der Waals surface area contributed by atoms with Crippen LogP contribution >= 0.6 is 0 Å². The van der Waals surface area contributed by atoms with E-state index in [2.05, 4.69) is 5.32 Å². The van der Waals surface area contributed by atoms with Crippen LogP contribution in [0.25, 0.3) is 0 Å². The first-order valence-electron chi connectivity index (χ1n) is 7.91. The summed E-state index contributed by atoms with van der Waals surface area (Å²) in [6, 6.07) is 16.6. The molecule has 0 fully saturated rings. The van der Waals surface area contributed by atoms with E-state index in [1.54, 1.807) is 48.5 Å². The molecule has 2 rings (SSSR count). The number of para-hydroxylation sites is 2. The molecule has 0 heterocycles. The number of benzene rings is 2. The Labute approximate surface area is 141 Å². The quantitative estimate of drug-likeness (QED) is 0.498. The van der Waals surface area contributed by atoms with Crippen molar-refractivity contribution in [1.29, 1.82) is 0 Å². The third-order valence-electron chi connectivity index (χ3n) is 3.43. The van der Waals surface area contributed by atoms with Crippen LogP contribution in [-0.4, -0.2) is 23.6 Å². The first-order chi connectivity index (χ1) is 11.6. The van der Waals surface area contributed by atoms with Crippen LogP contribution in [0, 0.1) is 0 Å². The van der Waals surface area contributed by atoms with Crippen LogP contribution in [0.2, 0.25) is 0 Å². The van der Waals surface area contributed by atoms with Crippen molar-refractivity contribution in [2.24, 2.45) is 5.84 Å². The van der Waals surface area contributed by atoms with E-state index in [0.717, 1.165) is 22.8 Å². The number of amides is 4. The van der Waals surface area contributed by atoms with E-state index >= 15 is 0 Å². The van der Waals surface area contributed by atoms with Crippen molar-refractivity contribution in [3.63, 3.8) is 0 Å². The first-order valence-corrected chi connectivity index (χ1v) is 7.91. The summed E-state index contributed by atoms with van der Waals surface area (Å²) in [4.78, 5) is 26.3. The molecule has 0 unspecified atom stereocenters. The Bertz CT molecular complexity index is 661. The van der Waals surface area contributed by atoms with Crippen LogP contribution in [0.3, 0.4) is 0 Å². The third kappa shape index (κ3) is 4.57. The number of anilines is 2. The molecule has 0 aliphatic rings. The zero-order valence-electron chi connectivity index (χ0n) is 13.7. The van der Waals surface area contributed by atoms with Gasteiger partial charge in [0.2, 0.25) is 0 Å². The number of hydrogen-bond acceptors (Lipinski definition) is 3.